The van der Waals surface area contributed by atoms with Gasteiger partial charge in [-0.2, -0.15) is 22.1 Å². The van der Waals surface area contributed by atoms with Crippen LogP contribution < -0.4 is 10.5 Å². The SMILES string of the molecule is O=c1[nH]ncc(N2CCN(S(=O)(=O)N3CCCCCC3)CC2)c1Cl. The van der Waals surface area contributed by atoms with E-state index in [0.717, 1.165) is 25.7 Å². The number of hydrogen-bond acceptors (Lipinski definition) is 5. The maximum absolute atomic E-state index is 12.8. The number of piperazine rings is 1. The number of aromatic amines is 1. The maximum atomic E-state index is 12.8. The fraction of sp³-hybridized carbons (Fsp3) is 0.714. The summed E-state index contributed by atoms with van der Waals surface area (Å²) in [5, 5.41) is 6.14. The molecule has 1 N–H and O–H groups in total. The average molecular weight is 376 g/mol. The number of hydrogen-bond donors (Lipinski definition) is 1. The van der Waals surface area contributed by atoms with E-state index < -0.39 is 15.8 Å². The maximum Gasteiger partial charge on any atom is 0.285 e. The van der Waals surface area contributed by atoms with Crippen LogP contribution in [0.15, 0.2) is 11.0 Å². The highest BCUT2D eigenvalue weighted by Gasteiger charge is 2.33. The predicted molar refractivity (Wildman–Crippen MR) is 92.6 cm³/mol. The Labute approximate surface area is 146 Å². The molecule has 0 atom stereocenters. The van der Waals surface area contributed by atoms with Gasteiger partial charge in [0, 0.05) is 39.3 Å². The smallest absolute Gasteiger partial charge is 0.285 e. The van der Waals surface area contributed by atoms with E-state index in [4.69, 9.17) is 11.6 Å². The number of halogens is 1. The van der Waals surface area contributed by atoms with Crippen molar-refractivity contribution in [3.05, 3.63) is 21.6 Å². The van der Waals surface area contributed by atoms with E-state index in [1.54, 1.807) is 4.31 Å². The molecule has 2 aliphatic rings. The van der Waals surface area contributed by atoms with Crippen molar-refractivity contribution in [3.63, 3.8) is 0 Å². The van der Waals surface area contributed by atoms with Crippen LogP contribution in [0.2, 0.25) is 5.02 Å². The van der Waals surface area contributed by atoms with Crippen LogP contribution in [0.1, 0.15) is 25.7 Å². The first-order valence-electron chi connectivity index (χ1n) is 8.23. The van der Waals surface area contributed by atoms with Crippen molar-refractivity contribution in [1.82, 2.24) is 18.8 Å². The van der Waals surface area contributed by atoms with Gasteiger partial charge in [0.15, 0.2) is 0 Å². The van der Waals surface area contributed by atoms with Crippen molar-refractivity contribution in [1.29, 1.82) is 0 Å². The van der Waals surface area contributed by atoms with E-state index in [9.17, 15) is 13.2 Å². The Balaban J connectivity index is 1.68. The lowest BCUT2D eigenvalue weighted by Gasteiger charge is -2.37. The quantitative estimate of drug-likeness (QED) is 0.838. The Morgan fingerprint density at radius 1 is 0.958 bits per heavy atom. The van der Waals surface area contributed by atoms with Gasteiger partial charge in [0.1, 0.15) is 5.02 Å². The van der Waals surface area contributed by atoms with Crippen LogP contribution in [0, 0.1) is 0 Å². The molecule has 0 radical (unpaired) electrons. The number of nitrogens with zero attached hydrogens (tertiary/aromatic N) is 4. The molecule has 1 aromatic rings. The molecule has 0 unspecified atom stereocenters. The van der Waals surface area contributed by atoms with Crippen molar-refractivity contribution in [2.45, 2.75) is 25.7 Å². The van der Waals surface area contributed by atoms with Gasteiger partial charge in [0.05, 0.1) is 11.9 Å². The minimum atomic E-state index is -3.41. The highest BCUT2D eigenvalue weighted by molar-refractivity contribution is 7.86. The third kappa shape index (κ3) is 3.58. The molecule has 2 aliphatic heterocycles. The lowest BCUT2D eigenvalue weighted by molar-refractivity contribution is 0.327. The van der Waals surface area contributed by atoms with E-state index in [2.05, 4.69) is 10.2 Å². The van der Waals surface area contributed by atoms with Crippen LogP contribution >= 0.6 is 11.6 Å². The van der Waals surface area contributed by atoms with E-state index >= 15 is 0 Å². The minimum absolute atomic E-state index is 0.0915. The summed E-state index contributed by atoms with van der Waals surface area (Å²) in [5.41, 5.74) is 0.112. The summed E-state index contributed by atoms with van der Waals surface area (Å²) in [7, 11) is -3.41. The van der Waals surface area contributed by atoms with Crippen LogP contribution in [0.5, 0.6) is 0 Å². The van der Waals surface area contributed by atoms with Gasteiger partial charge in [-0.1, -0.05) is 24.4 Å². The molecule has 134 valence electrons. The molecule has 2 saturated heterocycles. The molecule has 0 bridgehead atoms. The zero-order chi connectivity index (χ0) is 17.2. The van der Waals surface area contributed by atoms with Gasteiger partial charge >= 0.3 is 0 Å². The molecular formula is C14H22ClN5O3S. The minimum Gasteiger partial charge on any atom is -0.366 e. The van der Waals surface area contributed by atoms with Gasteiger partial charge < -0.3 is 4.90 Å². The van der Waals surface area contributed by atoms with Crippen molar-refractivity contribution >= 4 is 27.5 Å². The molecule has 24 heavy (non-hydrogen) atoms. The lowest BCUT2D eigenvalue weighted by Crippen LogP contribution is -2.53. The zero-order valence-corrected chi connectivity index (χ0v) is 15.0. The van der Waals surface area contributed by atoms with Crippen molar-refractivity contribution in [2.75, 3.05) is 44.2 Å². The lowest BCUT2D eigenvalue weighted by atomic mass is 10.2. The molecule has 3 rings (SSSR count). The predicted octanol–water partition coefficient (Wildman–Crippen LogP) is 0.666. The topological polar surface area (TPSA) is 89.6 Å². The largest absolute Gasteiger partial charge is 0.366 e. The van der Waals surface area contributed by atoms with E-state index in [1.165, 1.54) is 10.5 Å². The van der Waals surface area contributed by atoms with Crippen LogP contribution in [0.4, 0.5) is 5.69 Å². The summed E-state index contributed by atoms with van der Waals surface area (Å²) in [6, 6.07) is 0. The molecule has 0 aliphatic carbocycles. The highest BCUT2D eigenvalue weighted by atomic mass is 35.5. The average Bonchev–Trinajstić information content (AvgIpc) is 2.87. The Morgan fingerprint density at radius 2 is 1.54 bits per heavy atom. The third-order valence-electron chi connectivity index (χ3n) is 4.57. The molecule has 0 spiro atoms. The van der Waals surface area contributed by atoms with Gasteiger partial charge in [-0.25, -0.2) is 5.10 Å². The van der Waals surface area contributed by atoms with E-state index in [0.29, 0.717) is 45.0 Å². The Kier molecular flexibility index (Phi) is 5.43. The molecule has 8 nitrogen and oxygen atoms in total. The number of H-pyrrole nitrogens is 1. The first-order chi connectivity index (χ1) is 11.5. The molecular weight excluding hydrogens is 354 g/mol. The van der Waals surface area contributed by atoms with Gasteiger partial charge in [-0.15, -0.1) is 0 Å². The zero-order valence-electron chi connectivity index (χ0n) is 13.4. The summed E-state index contributed by atoms with van der Waals surface area (Å²) < 4.78 is 28.7. The molecule has 0 amide bonds. The van der Waals surface area contributed by atoms with E-state index in [1.807, 2.05) is 4.90 Å². The Bertz CT molecular complexity index is 722. The first kappa shape index (κ1) is 17.7. The first-order valence-corrected chi connectivity index (χ1v) is 10.0. The monoisotopic (exact) mass is 375 g/mol. The molecule has 0 aromatic carbocycles. The standard InChI is InChI=1S/C14H22ClN5O3S/c15-13-12(11-16-17-14(13)21)18-7-9-20(10-8-18)24(22,23)19-5-3-1-2-4-6-19/h11H,1-10H2,(H,17,21). The number of rotatable bonds is 3. The normalized spacial score (nSPS) is 21.6. The van der Waals surface area contributed by atoms with Crippen molar-refractivity contribution in [3.8, 4) is 0 Å². The number of anilines is 1. The molecule has 0 saturated carbocycles. The van der Waals surface area contributed by atoms with Crippen LogP contribution in [-0.4, -0.2) is 66.5 Å². The molecule has 3 heterocycles. The second kappa shape index (κ2) is 7.38. The van der Waals surface area contributed by atoms with Crippen LogP contribution in [0.25, 0.3) is 0 Å². The summed E-state index contributed by atoms with van der Waals surface area (Å²) in [4.78, 5) is 13.5. The summed E-state index contributed by atoms with van der Waals surface area (Å²) in [6.07, 6.45) is 5.53. The van der Waals surface area contributed by atoms with Gasteiger partial charge in [-0.3, -0.25) is 4.79 Å². The molecule has 2 fully saturated rings. The third-order valence-corrected chi connectivity index (χ3v) is 6.97. The fourth-order valence-corrected chi connectivity index (χ4v) is 5.07. The molecule has 10 heteroatoms. The van der Waals surface area contributed by atoms with Gasteiger partial charge in [0.25, 0.3) is 15.8 Å². The van der Waals surface area contributed by atoms with Crippen molar-refractivity contribution < 1.29 is 8.42 Å². The summed E-state index contributed by atoms with van der Waals surface area (Å²) in [6.45, 7) is 2.93. The number of aromatic nitrogens is 2. The van der Waals surface area contributed by atoms with Gasteiger partial charge in [0.2, 0.25) is 0 Å². The summed E-state index contributed by atoms with van der Waals surface area (Å²) >= 11 is 6.03. The second-order valence-corrected chi connectivity index (χ2v) is 8.41. The fourth-order valence-electron chi connectivity index (χ4n) is 3.19. The molecule has 1 aromatic heterocycles. The van der Waals surface area contributed by atoms with Gasteiger partial charge in [-0.05, 0) is 12.8 Å². The van der Waals surface area contributed by atoms with Crippen LogP contribution in [0.3, 0.4) is 0 Å². The van der Waals surface area contributed by atoms with Crippen molar-refractivity contribution in [2.24, 2.45) is 0 Å². The Morgan fingerprint density at radius 3 is 2.17 bits per heavy atom. The highest BCUT2D eigenvalue weighted by Crippen LogP contribution is 2.23. The van der Waals surface area contributed by atoms with Crippen LogP contribution in [-0.2, 0) is 10.2 Å². The summed E-state index contributed by atoms with van der Waals surface area (Å²) in [5.74, 6) is 0. The Hall–Kier alpha value is -1.16. The van der Waals surface area contributed by atoms with E-state index in [-0.39, 0.29) is 5.02 Å². The number of nitrogens with one attached hydrogen (secondary N) is 1. The second-order valence-electron chi connectivity index (χ2n) is 6.11.